The van der Waals surface area contributed by atoms with Crippen molar-refractivity contribution in [2.45, 2.75) is 6.92 Å². The van der Waals surface area contributed by atoms with Crippen LogP contribution in [0.15, 0.2) is 35.6 Å². The molecule has 0 radical (unpaired) electrons. The molecule has 0 saturated carbocycles. The van der Waals surface area contributed by atoms with E-state index in [2.05, 4.69) is 16.8 Å². The van der Waals surface area contributed by atoms with Crippen molar-refractivity contribution in [3.05, 3.63) is 46.9 Å². The van der Waals surface area contributed by atoms with E-state index in [0.29, 0.717) is 5.39 Å². The zero-order valence-electron chi connectivity index (χ0n) is 7.87. The molecule has 0 saturated heterocycles. The molecule has 3 heteroatoms. The van der Waals surface area contributed by atoms with E-state index >= 15 is 0 Å². The van der Waals surface area contributed by atoms with E-state index in [4.69, 9.17) is 0 Å². The highest BCUT2D eigenvalue weighted by atomic mass is 16.1. The minimum Gasteiger partial charge on any atom is -0.267 e. The smallest absolute Gasteiger partial charge is 0.267 e. The van der Waals surface area contributed by atoms with Crippen molar-refractivity contribution in [1.29, 1.82) is 0 Å². The summed E-state index contributed by atoms with van der Waals surface area (Å²) in [5, 5.41) is 7.93. The van der Waals surface area contributed by atoms with Gasteiger partial charge in [-0.2, -0.15) is 5.10 Å². The molecule has 0 unspecified atom stereocenters. The molecule has 2 aromatic rings. The van der Waals surface area contributed by atoms with E-state index in [1.54, 1.807) is 6.07 Å². The summed E-state index contributed by atoms with van der Waals surface area (Å²) in [7, 11) is 0. The van der Waals surface area contributed by atoms with E-state index < -0.39 is 0 Å². The summed E-state index contributed by atoms with van der Waals surface area (Å²) in [4.78, 5) is 11.4. The molecule has 1 aromatic carbocycles. The highest BCUT2D eigenvalue weighted by Gasteiger charge is 2.04. The summed E-state index contributed by atoms with van der Waals surface area (Å²) in [6, 6.07) is 7.37. The molecule has 14 heavy (non-hydrogen) atoms. The first kappa shape index (κ1) is 8.69. The van der Waals surface area contributed by atoms with Gasteiger partial charge in [-0.3, -0.25) is 4.79 Å². The van der Waals surface area contributed by atoms with Gasteiger partial charge in [-0.1, -0.05) is 24.8 Å². The predicted molar refractivity (Wildman–Crippen MR) is 57.1 cm³/mol. The fourth-order valence-corrected chi connectivity index (χ4v) is 1.44. The van der Waals surface area contributed by atoms with Gasteiger partial charge in [0.1, 0.15) is 0 Å². The second-order valence-electron chi connectivity index (χ2n) is 3.23. The number of hydrogen-bond acceptors (Lipinski definition) is 2. The number of nitrogens with one attached hydrogen (secondary N) is 1. The Bertz CT molecular complexity index is 554. The number of nitrogens with zero attached hydrogens (tertiary/aromatic N) is 1. The van der Waals surface area contributed by atoms with Crippen LogP contribution in [0, 0.1) is 0 Å². The normalized spacial score (nSPS) is 10.4. The summed E-state index contributed by atoms with van der Waals surface area (Å²) in [5.74, 6) is 0. The molecule has 0 bridgehead atoms. The Kier molecular flexibility index (Phi) is 1.93. The van der Waals surface area contributed by atoms with Crippen molar-refractivity contribution in [2.24, 2.45) is 0 Å². The van der Waals surface area contributed by atoms with E-state index in [-0.39, 0.29) is 5.56 Å². The topological polar surface area (TPSA) is 45.8 Å². The third-order valence-electron chi connectivity index (χ3n) is 2.10. The summed E-state index contributed by atoms with van der Waals surface area (Å²) in [6.07, 6.45) is 0. The van der Waals surface area contributed by atoms with Crippen molar-refractivity contribution in [3.8, 4) is 0 Å². The number of aromatic amines is 1. The van der Waals surface area contributed by atoms with Crippen LogP contribution in [0.4, 0.5) is 0 Å². The van der Waals surface area contributed by atoms with Gasteiger partial charge in [0, 0.05) is 5.39 Å². The van der Waals surface area contributed by atoms with Gasteiger partial charge in [0.25, 0.3) is 5.56 Å². The molecule has 2 rings (SSSR count). The van der Waals surface area contributed by atoms with E-state index in [1.807, 2.05) is 25.1 Å². The van der Waals surface area contributed by atoms with Gasteiger partial charge < -0.3 is 0 Å². The number of fused-ring (bicyclic) bond motifs is 1. The first-order chi connectivity index (χ1) is 6.70. The largest absolute Gasteiger partial charge is 0.272 e. The Morgan fingerprint density at radius 3 is 2.64 bits per heavy atom. The van der Waals surface area contributed by atoms with Gasteiger partial charge in [-0.15, -0.1) is 0 Å². The lowest BCUT2D eigenvalue weighted by molar-refractivity contribution is 0.994. The van der Waals surface area contributed by atoms with Gasteiger partial charge in [0.15, 0.2) is 0 Å². The van der Waals surface area contributed by atoms with Crippen LogP contribution in [0.3, 0.4) is 0 Å². The maximum absolute atomic E-state index is 11.4. The second-order valence-corrected chi connectivity index (χ2v) is 3.23. The highest BCUT2D eigenvalue weighted by Crippen LogP contribution is 2.17. The molecule has 0 aliphatic carbocycles. The zero-order chi connectivity index (χ0) is 10.1. The summed E-state index contributed by atoms with van der Waals surface area (Å²) >= 11 is 0. The fraction of sp³-hybridized carbons (Fsp3) is 0.0909. The standard InChI is InChI=1S/C11H10N2O/c1-7(2)10-8-5-3-4-6-9(8)11(14)13-12-10/h3-6H,1H2,2H3,(H,13,14). The first-order valence-corrected chi connectivity index (χ1v) is 4.33. The average Bonchev–Trinajstić information content (AvgIpc) is 2.18. The second kappa shape index (κ2) is 3.10. The monoisotopic (exact) mass is 186 g/mol. The number of benzene rings is 1. The molecule has 1 N–H and O–H groups in total. The number of allylic oxidation sites excluding steroid dienone is 1. The maximum atomic E-state index is 11.4. The van der Waals surface area contributed by atoms with Crippen molar-refractivity contribution < 1.29 is 0 Å². The Morgan fingerprint density at radius 2 is 2.00 bits per heavy atom. The molecular weight excluding hydrogens is 176 g/mol. The maximum Gasteiger partial charge on any atom is 0.272 e. The number of hydrogen-bond donors (Lipinski definition) is 1. The third-order valence-corrected chi connectivity index (χ3v) is 2.10. The molecule has 1 heterocycles. The Labute approximate surface area is 81.1 Å². The fourth-order valence-electron chi connectivity index (χ4n) is 1.44. The van der Waals surface area contributed by atoms with Crippen LogP contribution in [0.5, 0.6) is 0 Å². The SMILES string of the molecule is C=C(C)c1n[nH]c(=O)c2ccccc12. The van der Waals surface area contributed by atoms with Crippen molar-refractivity contribution in [1.82, 2.24) is 10.2 Å². The van der Waals surface area contributed by atoms with Crippen LogP contribution >= 0.6 is 0 Å². The van der Waals surface area contributed by atoms with Crippen molar-refractivity contribution in [3.63, 3.8) is 0 Å². The number of H-pyrrole nitrogens is 1. The first-order valence-electron chi connectivity index (χ1n) is 4.33. The lowest BCUT2D eigenvalue weighted by atomic mass is 10.1. The molecule has 0 amide bonds. The van der Waals surface area contributed by atoms with E-state index in [9.17, 15) is 4.79 Å². The molecular formula is C11H10N2O. The van der Waals surface area contributed by atoms with Gasteiger partial charge in [0.05, 0.1) is 11.1 Å². The number of aromatic nitrogens is 2. The van der Waals surface area contributed by atoms with E-state index in [0.717, 1.165) is 16.7 Å². The molecule has 0 spiro atoms. The Morgan fingerprint density at radius 1 is 1.36 bits per heavy atom. The molecule has 0 fully saturated rings. The molecule has 0 atom stereocenters. The summed E-state index contributed by atoms with van der Waals surface area (Å²) in [5.41, 5.74) is 1.43. The minimum atomic E-state index is -0.161. The van der Waals surface area contributed by atoms with E-state index in [1.165, 1.54) is 0 Å². The highest BCUT2D eigenvalue weighted by molar-refractivity contribution is 5.90. The van der Waals surface area contributed by atoms with Crippen LogP contribution in [-0.4, -0.2) is 10.2 Å². The quantitative estimate of drug-likeness (QED) is 0.739. The van der Waals surface area contributed by atoms with Gasteiger partial charge in [0.2, 0.25) is 0 Å². The van der Waals surface area contributed by atoms with Crippen LogP contribution in [0.25, 0.3) is 16.3 Å². The minimum absolute atomic E-state index is 0.161. The Balaban J connectivity index is 2.96. The third kappa shape index (κ3) is 1.23. The summed E-state index contributed by atoms with van der Waals surface area (Å²) in [6.45, 7) is 5.69. The molecule has 3 nitrogen and oxygen atoms in total. The average molecular weight is 186 g/mol. The lowest BCUT2D eigenvalue weighted by Gasteiger charge is -2.02. The van der Waals surface area contributed by atoms with Crippen LogP contribution in [0.1, 0.15) is 12.6 Å². The number of rotatable bonds is 1. The van der Waals surface area contributed by atoms with Crippen LogP contribution in [-0.2, 0) is 0 Å². The lowest BCUT2D eigenvalue weighted by Crippen LogP contribution is -2.10. The van der Waals surface area contributed by atoms with Crippen molar-refractivity contribution >= 4 is 16.3 Å². The molecule has 0 aliphatic rings. The Hall–Kier alpha value is -1.90. The zero-order valence-corrected chi connectivity index (χ0v) is 7.87. The van der Waals surface area contributed by atoms with Gasteiger partial charge in [-0.05, 0) is 18.6 Å². The molecule has 1 aromatic heterocycles. The molecule has 70 valence electrons. The van der Waals surface area contributed by atoms with Gasteiger partial charge in [-0.25, -0.2) is 5.10 Å². The van der Waals surface area contributed by atoms with Gasteiger partial charge >= 0.3 is 0 Å². The molecule has 0 aliphatic heterocycles. The van der Waals surface area contributed by atoms with Crippen LogP contribution < -0.4 is 5.56 Å². The van der Waals surface area contributed by atoms with Crippen molar-refractivity contribution in [2.75, 3.05) is 0 Å². The predicted octanol–water partition coefficient (Wildman–Crippen LogP) is 1.96. The summed E-state index contributed by atoms with van der Waals surface area (Å²) < 4.78 is 0. The van der Waals surface area contributed by atoms with Crippen LogP contribution in [0.2, 0.25) is 0 Å².